The molecule has 0 aromatic heterocycles. The highest BCUT2D eigenvalue weighted by atomic mass is 19.1. The van der Waals surface area contributed by atoms with Crippen molar-refractivity contribution >= 4 is 10.8 Å². The van der Waals surface area contributed by atoms with Gasteiger partial charge in [-0.1, -0.05) is 55.0 Å². The number of nitrogens with two attached hydrogens (primary N) is 1. The van der Waals surface area contributed by atoms with Gasteiger partial charge in [-0.25, -0.2) is 4.39 Å². The number of fused-ring (bicyclic) bond motifs is 3. The molecule has 3 heteroatoms. The van der Waals surface area contributed by atoms with Crippen molar-refractivity contribution in [3.8, 4) is 5.75 Å². The summed E-state index contributed by atoms with van der Waals surface area (Å²) in [5, 5.41) is 1.49. The van der Waals surface area contributed by atoms with E-state index < -0.39 is 0 Å². The summed E-state index contributed by atoms with van der Waals surface area (Å²) in [5.74, 6) is 3.36. The van der Waals surface area contributed by atoms with Gasteiger partial charge < -0.3 is 10.5 Å². The van der Waals surface area contributed by atoms with Gasteiger partial charge in [-0.15, -0.1) is 0 Å². The second-order valence-electron chi connectivity index (χ2n) is 9.86. The molecule has 0 amide bonds. The predicted molar refractivity (Wildman–Crippen MR) is 122 cm³/mol. The van der Waals surface area contributed by atoms with Crippen LogP contribution in [0, 0.1) is 29.5 Å². The van der Waals surface area contributed by atoms with E-state index in [9.17, 15) is 4.39 Å². The molecule has 6 rings (SSSR count). The Morgan fingerprint density at radius 2 is 1.61 bits per heavy atom. The highest BCUT2D eigenvalue weighted by Gasteiger charge is 2.57. The minimum absolute atomic E-state index is 0.0203. The molecule has 6 atom stereocenters. The summed E-state index contributed by atoms with van der Waals surface area (Å²) in [6.45, 7) is 0. The standard InChI is InChI=1S/C28H30FNO/c29-25-14-15-26(21-10-4-3-9-20(21)25)31-28-19-8-2-1-6-17(19)12-13-23(28)27-22-11-5-7-18(30)16-24(22)27/h1-4,6,8-10,14-15,18,22-24,27-28H,5,7,11-13,16,30H2/t18?,22?,23?,24-,27?,28+/m1/s1. The van der Waals surface area contributed by atoms with Crippen molar-refractivity contribution in [2.75, 3.05) is 0 Å². The molecule has 3 aromatic carbocycles. The topological polar surface area (TPSA) is 35.2 Å². The number of hydrogen-bond acceptors (Lipinski definition) is 2. The van der Waals surface area contributed by atoms with E-state index in [4.69, 9.17) is 10.5 Å². The monoisotopic (exact) mass is 415 g/mol. The molecule has 0 bridgehead atoms. The summed E-state index contributed by atoms with van der Waals surface area (Å²) >= 11 is 0. The molecule has 0 aliphatic heterocycles. The van der Waals surface area contributed by atoms with Crippen LogP contribution in [0.25, 0.3) is 10.8 Å². The lowest BCUT2D eigenvalue weighted by Gasteiger charge is -2.35. The van der Waals surface area contributed by atoms with Crippen LogP contribution in [0.15, 0.2) is 60.7 Å². The Morgan fingerprint density at radius 1 is 0.806 bits per heavy atom. The second kappa shape index (κ2) is 7.63. The Labute approximate surface area is 183 Å². The molecule has 3 aliphatic carbocycles. The van der Waals surface area contributed by atoms with E-state index in [-0.39, 0.29) is 11.9 Å². The second-order valence-corrected chi connectivity index (χ2v) is 9.86. The number of hydrogen-bond donors (Lipinski definition) is 1. The van der Waals surface area contributed by atoms with Gasteiger partial charge in [0.25, 0.3) is 0 Å². The van der Waals surface area contributed by atoms with Gasteiger partial charge in [0.1, 0.15) is 17.7 Å². The molecule has 4 unspecified atom stereocenters. The van der Waals surface area contributed by atoms with E-state index in [2.05, 4.69) is 24.3 Å². The van der Waals surface area contributed by atoms with Gasteiger partial charge in [-0.05, 0) is 73.1 Å². The lowest BCUT2D eigenvalue weighted by atomic mass is 9.77. The molecule has 160 valence electrons. The van der Waals surface area contributed by atoms with Crippen LogP contribution in [-0.4, -0.2) is 6.04 Å². The van der Waals surface area contributed by atoms with Crippen molar-refractivity contribution in [3.63, 3.8) is 0 Å². The fraction of sp³-hybridized carbons (Fsp3) is 0.429. The summed E-state index contributed by atoms with van der Waals surface area (Å²) in [7, 11) is 0. The molecule has 0 spiro atoms. The maximum Gasteiger partial charge on any atom is 0.131 e. The quantitative estimate of drug-likeness (QED) is 0.535. The van der Waals surface area contributed by atoms with Crippen LogP contribution in [0.2, 0.25) is 0 Å². The Balaban J connectivity index is 1.38. The van der Waals surface area contributed by atoms with Crippen LogP contribution in [0.5, 0.6) is 5.75 Å². The molecule has 0 radical (unpaired) electrons. The third-order valence-corrected chi connectivity index (χ3v) is 8.16. The third-order valence-electron chi connectivity index (χ3n) is 8.16. The zero-order valence-corrected chi connectivity index (χ0v) is 17.8. The fourth-order valence-corrected chi connectivity index (χ4v) is 6.69. The smallest absolute Gasteiger partial charge is 0.131 e. The SMILES string of the molecule is NC1CCCC2C(C3CCc4ccccc4[C@@H]3Oc3ccc(F)c4ccccc34)[C@@H]2C1. The Hall–Kier alpha value is -2.39. The van der Waals surface area contributed by atoms with E-state index in [1.807, 2.05) is 30.3 Å². The predicted octanol–water partition coefficient (Wildman–Crippen LogP) is 6.42. The zero-order chi connectivity index (χ0) is 20.9. The summed E-state index contributed by atoms with van der Waals surface area (Å²) in [6, 6.07) is 20.1. The van der Waals surface area contributed by atoms with E-state index in [0.29, 0.717) is 23.3 Å². The molecule has 3 aliphatic rings. The molecule has 31 heavy (non-hydrogen) atoms. The van der Waals surface area contributed by atoms with Crippen molar-refractivity contribution in [2.45, 2.75) is 50.7 Å². The van der Waals surface area contributed by atoms with E-state index in [1.165, 1.54) is 36.8 Å². The number of rotatable bonds is 3. The van der Waals surface area contributed by atoms with Crippen molar-refractivity contribution in [3.05, 3.63) is 77.6 Å². The van der Waals surface area contributed by atoms with Crippen molar-refractivity contribution in [1.82, 2.24) is 0 Å². The van der Waals surface area contributed by atoms with Crippen LogP contribution in [-0.2, 0) is 6.42 Å². The Kier molecular flexibility index (Phi) is 4.75. The first-order valence-corrected chi connectivity index (χ1v) is 11.9. The highest BCUT2D eigenvalue weighted by Crippen LogP contribution is 2.62. The number of aryl methyl sites for hydroxylation is 1. The molecule has 0 saturated heterocycles. The van der Waals surface area contributed by atoms with Crippen LogP contribution in [0.3, 0.4) is 0 Å². The summed E-state index contributed by atoms with van der Waals surface area (Å²) < 4.78 is 21.2. The van der Waals surface area contributed by atoms with Gasteiger partial charge in [0.2, 0.25) is 0 Å². The average Bonchev–Trinajstić information content (AvgIpc) is 3.50. The number of halogens is 1. The van der Waals surface area contributed by atoms with Gasteiger partial charge in [0, 0.05) is 22.7 Å². The normalized spacial score (nSPS) is 32.1. The van der Waals surface area contributed by atoms with Gasteiger partial charge >= 0.3 is 0 Å². The van der Waals surface area contributed by atoms with Crippen LogP contribution < -0.4 is 10.5 Å². The molecule has 2 fully saturated rings. The van der Waals surface area contributed by atoms with Crippen LogP contribution in [0.1, 0.15) is 49.3 Å². The van der Waals surface area contributed by atoms with Gasteiger partial charge in [-0.3, -0.25) is 0 Å². The first kappa shape index (κ1) is 19.3. The number of benzene rings is 3. The summed E-state index contributed by atoms with van der Waals surface area (Å²) in [6.07, 6.45) is 7.21. The lowest BCUT2D eigenvalue weighted by molar-refractivity contribution is 0.0982. The maximum absolute atomic E-state index is 14.4. The minimum Gasteiger partial charge on any atom is -0.485 e. The maximum atomic E-state index is 14.4. The number of ether oxygens (including phenoxy) is 1. The van der Waals surface area contributed by atoms with E-state index >= 15 is 0 Å². The minimum atomic E-state index is -0.193. The van der Waals surface area contributed by atoms with Gasteiger partial charge in [-0.2, -0.15) is 0 Å². The zero-order valence-electron chi connectivity index (χ0n) is 17.8. The van der Waals surface area contributed by atoms with Crippen molar-refractivity contribution < 1.29 is 9.13 Å². The molecule has 2 N–H and O–H groups in total. The van der Waals surface area contributed by atoms with Gasteiger partial charge in [0.15, 0.2) is 0 Å². The largest absolute Gasteiger partial charge is 0.485 e. The first-order valence-electron chi connectivity index (χ1n) is 11.9. The average molecular weight is 416 g/mol. The molecule has 3 aromatic rings. The molecule has 2 nitrogen and oxygen atoms in total. The van der Waals surface area contributed by atoms with Crippen molar-refractivity contribution in [2.24, 2.45) is 29.4 Å². The van der Waals surface area contributed by atoms with Gasteiger partial charge in [0.05, 0.1) is 0 Å². The lowest BCUT2D eigenvalue weighted by Crippen LogP contribution is -2.28. The van der Waals surface area contributed by atoms with Crippen molar-refractivity contribution in [1.29, 1.82) is 0 Å². The molecule has 0 heterocycles. The van der Waals surface area contributed by atoms with Crippen LogP contribution in [0.4, 0.5) is 4.39 Å². The molecular formula is C28H30FNO. The van der Waals surface area contributed by atoms with E-state index in [1.54, 1.807) is 6.07 Å². The molecule has 2 saturated carbocycles. The van der Waals surface area contributed by atoms with E-state index in [0.717, 1.165) is 35.8 Å². The van der Waals surface area contributed by atoms with Crippen LogP contribution >= 0.6 is 0 Å². The third kappa shape index (κ3) is 3.34. The Bertz CT molecular complexity index is 1110. The summed E-state index contributed by atoms with van der Waals surface area (Å²) in [5.41, 5.74) is 9.10. The highest BCUT2D eigenvalue weighted by molar-refractivity contribution is 5.88. The fourth-order valence-electron chi connectivity index (χ4n) is 6.69. The summed E-state index contributed by atoms with van der Waals surface area (Å²) in [4.78, 5) is 0. The first-order chi connectivity index (χ1) is 15.2. The Morgan fingerprint density at radius 3 is 2.52 bits per heavy atom. The molecular weight excluding hydrogens is 385 g/mol.